The van der Waals surface area contributed by atoms with Gasteiger partial charge in [-0.1, -0.05) is 30.3 Å². The van der Waals surface area contributed by atoms with Gasteiger partial charge in [-0.25, -0.2) is 0 Å². The van der Waals surface area contributed by atoms with Crippen LogP contribution in [0.25, 0.3) is 0 Å². The van der Waals surface area contributed by atoms with Gasteiger partial charge in [0.05, 0.1) is 13.7 Å². The number of methoxy groups -OCH3 is 1. The summed E-state index contributed by atoms with van der Waals surface area (Å²) in [5, 5.41) is 0. The summed E-state index contributed by atoms with van der Waals surface area (Å²) >= 11 is 0. The lowest BCUT2D eigenvalue weighted by Crippen LogP contribution is -2.50. The van der Waals surface area contributed by atoms with Gasteiger partial charge in [0.15, 0.2) is 5.78 Å². The Morgan fingerprint density at radius 1 is 1.37 bits per heavy atom. The van der Waals surface area contributed by atoms with Gasteiger partial charge in [0.1, 0.15) is 5.41 Å². The molecule has 0 aliphatic carbocycles. The number of ketones is 1. The van der Waals surface area contributed by atoms with Gasteiger partial charge >= 0.3 is 5.97 Å². The summed E-state index contributed by atoms with van der Waals surface area (Å²) in [7, 11) is 1.33. The van der Waals surface area contributed by atoms with Crippen molar-refractivity contribution in [3.05, 3.63) is 35.9 Å². The third kappa shape index (κ3) is 2.84. The number of carbonyl (C=O) groups excluding carboxylic acids is 2. The molecule has 0 radical (unpaired) electrons. The molecule has 1 aromatic rings. The first kappa shape index (κ1) is 13.7. The van der Waals surface area contributed by atoms with Crippen LogP contribution in [-0.2, 0) is 20.9 Å². The van der Waals surface area contributed by atoms with Crippen LogP contribution in [0.3, 0.4) is 0 Å². The predicted molar refractivity (Wildman–Crippen MR) is 71.5 cm³/mol. The van der Waals surface area contributed by atoms with E-state index in [2.05, 4.69) is 4.90 Å². The quantitative estimate of drug-likeness (QED) is 0.613. The molecule has 0 bridgehead atoms. The highest BCUT2D eigenvalue weighted by Gasteiger charge is 2.45. The van der Waals surface area contributed by atoms with Crippen LogP contribution in [0.4, 0.5) is 0 Å². The van der Waals surface area contributed by atoms with Crippen LogP contribution in [0.2, 0.25) is 0 Å². The van der Waals surface area contributed by atoms with E-state index in [1.54, 1.807) is 6.92 Å². The van der Waals surface area contributed by atoms with Gasteiger partial charge in [0.2, 0.25) is 0 Å². The zero-order valence-corrected chi connectivity index (χ0v) is 11.4. The number of nitrogens with zero attached hydrogens (tertiary/aromatic N) is 1. The van der Waals surface area contributed by atoms with Gasteiger partial charge in [-0.05, 0) is 18.9 Å². The van der Waals surface area contributed by atoms with Crippen molar-refractivity contribution in [1.82, 2.24) is 4.90 Å². The van der Waals surface area contributed by atoms with Crippen LogP contribution in [0.5, 0.6) is 0 Å². The van der Waals surface area contributed by atoms with E-state index in [9.17, 15) is 9.59 Å². The lowest BCUT2D eigenvalue weighted by Gasteiger charge is -2.35. The van der Waals surface area contributed by atoms with E-state index in [0.29, 0.717) is 13.0 Å². The zero-order valence-electron chi connectivity index (χ0n) is 11.4. The van der Waals surface area contributed by atoms with E-state index in [-0.39, 0.29) is 5.78 Å². The minimum Gasteiger partial charge on any atom is -0.468 e. The number of piperidine rings is 1. The number of hydrogen-bond acceptors (Lipinski definition) is 4. The maximum absolute atomic E-state index is 12.2. The van der Waals surface area contributed by atoms with Gasteiger partial charge in [-0.2, -0.15) is 0 Å². The summed E-state index contributed by atoms with van der Waals surface area (Å²) in [5.41, 5.74) is 0.207. The first-order valence-corrected chi connectivity index (χ1v) is 6.44. The molecule has 1 heterocycles. The normalized spacial score (nSPS) is 24.2. The first-order valence-electron chi connectivity index (χ1n) is 6.44. The molecule has 1 fully saturated rings. The molecule has 1 aliphatic heterocycles. The molecular formula is C15H19NO3. The number of Topliss-reactive ketones (excluding diaryl/α,β-unsaturated/α-hetero) is 1. The van der Waals surface area contributed by atoms with Crippen LogP contribution < -0.4 is 0 Å². The Balaban J connectivity index is 2.01. The Kier molecular flexibility index (Phi) is 4.00. The molecule has 0 amide bonds. The van der Waals surface area contributed by atoms with Crippen molar-refractivity contribution in [2.45, 2.75) is 19.9 Å². The molecular weight excluding hydrogens is 242 g/mol. The van der Waals surface area contributed by atoms with E-state index in [1.165, 1.54) is 12.7 Å². The van der Waals surface area contributed by atoms with E-state index in [0.717, 1.165) is 13.1 Å². The summed E-state index contributed by atoms with van der Waals surface area (Å²) in [6.45, 7) is 3.46. The van der Waals surface area contributed by atoms with Crippen molar-refractivity contribution in [2.24, 2.45) is 5.41 Å². The predicted octanol–water partition coefficient (Wildman–Crippen LogP) is 1.64. The topological polar surface area (TPSA) is 46.6 Å². The smallest absolute Gasteiger partial charge is 0.319 e. The molecule has 0 saturated carbocycles. The Morgan fingerprint density at radius 2 is 2.05 bits per heavy atom. The van der Waals surface area contributed by atoms with Crippen molar-refractivity contribution in [1.29, 1.82) is 0 Å². The second-order valence-corrected chi connectivity index (χ2v) is 5.19. The molecule has 19 heavy (non-hydrogen) atoms. The van der Waals surface area contributed by atoms with Gasteiger partial charge in [-0.3, -0.25) is 14.5 Å². The van der Waals surface area contributed by atoms with Gasteiger partial charge < -0.3 is 4.74 Å². The van der Waals surface area contributed by atoms with Crippen molar-refractivity contribution in [2.75, 3.05) is 20.2 Å². The maximum Gasteiger partial charge on any atom is 0.319 e. The van der Waals surface area contributed by atoms with Crippen molar-refractivity contribution < 1.29 is 14.3 Å². The fourth-order valence-electron chi connectivity index (χ4n) is 2.40. The molecule has 1 aliphatic rings. The zero-order chi connectivity index (χ0) is 13.9. The first-order chi connectivity index (χ1) is 9.06. The van der Waals surface area contributed by atoms with Crippen molar-refractivity contribution >= 4 is 11.8 Å². The molecule has 0 spiro atoms. The molecule has 1 saturated heterocycles. The lowest BCUT2D eigenvalue weighted by molar-refractivity contribution is -0.160. The van der Waals surface area contributed by atoms with Crippen LogP contribution in [0, 0.1) is 5.41 Å². The van der Waals surface area contributed by atoms with E-state index < -0.39 is 11.4 Å². The monoisotopic (exact) mass is 261 g/mol. The maximum atomic E-state index is 12.2. The number of esters is 1. The van der Waals surface area contributed by atoms with Crippen molar-refractivity contribution in [3.8, 4) is 0 Å². The fourth-order valence-corrected chi connectivity index (χ4v) is 2.40. The molecule has 2 rings (SSSR count). The minimum atomic E-state index is -0.970. The van der Waals surface area contributed by atoms with Crippen LogP contribution in [0.1, 0.15) is 18.9 Å². The largest absolute Gasteiger partial charge is 0.468 e. The van der Waals surface area contributed by atoms with Crippen LogP contribution >= 0.6 is 0 Å². The molecule has 1 atom stereocenters. The number of ether oxygens (including phenoxy) is 1. The van der Waals surface area contributed by atoms with Gasteiger partial charge in [0.25, 0.3) is 0 Å². The van der Waals surface area contributed by atoms with Crippen LogP contribution in [-0.4, -0.2) is 36.9 Å². The number of rotatable bonds is 3. The Labute approximate surface area is 113 Å². The summed E-state index contributed by atoms with van der Waals surface area (Å²) < 4.78 is 4.74. The summed E-state index contributed by atoms with van der Waals surface area (Å²) in [6.07, 6.45) is 0.519. The Hall–Kier alpha value is -1.68. The summed E-state index contributed by atoms with van der Waals surface area (Å²) in [6, 6.07) is 10.0. The highest BCUT2D eigenvalue weighted by atomic mass is 16.5. The minimum absolute atomic E-state index is 0.0541. The molecule has 4 nitrogen and oxygen atoms in total. The van der Waals surface area contributed by atoms with Crippen LogP contribution in [0.15, 0.2) is 30.3 Å². The average molecular weight is 261 g/mol. The number of hydrogen-bond donors (Lipinski definition) is 0. The molecule has 1 unspecified atom stereocenters. The number of carbonyl (C=O) groups is 2. The molecule has 4 heteroatoms. The SMILES string of the molecule is COC(=O)C1(C)CCN(Cc2ccccc2)CC1=O. The van der Waals surface area contributed by atoms with Gasteiger partial charge in [-0.15, -0.1) is 0 Å². The third-order valence-corrected chi connectivity index (χ3v) is 3.80. The number of likely N-dealkylation sites (tertiary alicyclic amines) is 1. The summed E-state index contributed by atoms with van der Waals surface area (Å²) in [5.74, 6) is -0.474. The molecule has 0 aromatic heterocycles. The summed E-state index contributed by atoms with van der Waals surface area (Å²) in [4.78, 5) is 25.9. The van der Waals surface area contributed by atoms with E-state index in [1.807, 2.05) is 30.3 Å². The standard InChI is InChI=1S/C15H19NO3/c1-15(14(18)19-2)8-9-16(11-13(15)17)10-12-6-4-3-5-7-12/h3-7H,8-11H2,1-2H3. The van der Waals surface area contributed by atoms with E-state index in [4.69, 9.17) is 4.74 Å². The second kappa shape index (κ2) is 5.53. The van der Waals surface area contributed by atoms with Crippen molar-refractivity contribution in [3.63, 3.8) is 0 Å². The van der Waals surface area contributed by atoms with Gasteiger partial charge in [0, 0.05) is 13.1 Å². The lowest BCUT2D eigenvalue weighted by atomic mass is 9.79. The highest BCUT2D eigenvalue weighted by Crippen LogP contribution is 2.29. The van der Waals surface area contributed by atoms with E-state index >= 15 is 0 Å². The Bertz CT molecular complexity index is 472. The fraction of sp³-hybridized carbons (Fsp3) is 0.467. The molecule has 0 N–H and O–H groups in total. The second-order valence-electron chi connectivity index (χ2n) is 5.19. The average Bonchev–Trinajstić information content (AvgIpc) is 2.43. The number of benzene rings is 1. The molecule has 1 aromatic carbocycles. The highest BCUT2D eigenvalue weighted by molar-refractivity contribution is 6.04. The third-order valence-electron chi connectivity index (χ3n) is 3.80. The Morgan fingerprint density at radius 3 is 2.63 bits per heavy atom. The molecule has 102 valence electrons.